The highest BCUT2D eigenvalue weighted by molar-refractivity contribution is 14.1. The normalized spacial score (nSPS) is 14.2. The quantitative estimate of drug-likeness (QED) is 0.746. The summed E-state index contributed by atoms with van der Waals surface area (Å²) in [5.74, 6) is -0.141. The molecular formula is C12H16BrIN2O. The number of carbonyl (C=O) groups is 1. The van der Waals surface area contributed by atoms with E-state index in [-0.39, 0.29) is 5.91 Å². The van der Waals surface area contributed by atoms with Crippen molar-refractivity contribution in [2.24, 2.45) is 5.73 Å². The van der Waals surface area contributed by atoms with Gasteiger partial charge in [0.1, 0.15) is 0 Å². The first-order valence-corrected chi connectivity index (χ1v) is 7.29. The molecule has 0 aliphatic heterocycles. The fraction of sp³-hybridized carbons (Fsp3) is 0.417. The maximum absolute atomic E-state index is 12.0. The van der Waals surface area contributed by atoms with Crippen molar-refractivity contribution in [1.29, 1.82) is 0 Å². The van der Waals surface area contributed by atoms with E-state index in [4.69, 9.17) is 5.73 Å². The second-order valence-corrected chi connectivity index (χ2v) is 6.27. The molecule has 3 nitrogen and oxygen atoms in total. The molecule has 0 saturated carbocycles. The van der Waals surface area contributed by atoms with Crippen molar-refractivity contribution in [3.63, 3.8) is 0 Å². The van der Waals surface area contributed by atoms with Gasteiger partial charge in [0.2, 0.25) is 5.91 Å². The Morgan fingerprint density at radius 2 is 2.24 bits per heavy atom. The summed E-state index contributed by atoms with van der Waals surface area (Å²) >= 11 is 5.62. The minimum Gasteiger partial charge on any atom is -0.324 e. The SMILES string of the molecule is CCCC(C)(N)C(=O)Nc1ccc(Br)c(I)c1. The Bertz CT molecular complexity index is 421. The maximum Gasteiger partial charge on any atom is 0.244 e. The van der Waals surface area contributed by atoms with Gasteiger partial charge >= 0.3 is 0 Å². The van der Waals surface area contributed by atoms with Gasteiger partial charge in [-0.05, 0) is 70.1 Å². The topological polar surface area (TPSA) is 55.1 Å². The number of benzene rings is 1. The number of rotatable bonds is 4. The highest BCUT2D eigenvalue weighted by Gasteiger charge is 2.27. The fourth-order valence-electron chi connectivity index (χ4n) is 1.48. The highest BCUT2D eigenvalue weighted by Crippen LogP contribution is 2.23. The molecule has 0 saturated heterocycles. The van der Waals surface area contributed by atoms with Crippen molar-refractivity contribution < 1.29 is 4.79 Å². The molecule has 94 valence electrons. The zero-order valence-electron chi connectivity index (χ0n) is 9.89. The highest BCUT2D eigenvalue weighted by atomic mass is 127. The Morgan fingerprint density at radius 1 is 1.59 bits per heavy atom. The van der Waals surface area contributed by atoms with E-state index in [1.165, 1.54) is 0 Å². The van der Waals surface area contributed by atoms with Crippen LogP contribution in [0.4, 0.5) is 5.69 Å². The molecule has 0 aromatic heterocycles. The van der Waals surface area contributed by atoms with E-state index in [2.05, 4.69) is 43.8 Å². The predicted molar refractivity (Wildman–Crippen MR) is 83.0 cm³/mol. The van der Waals surface area contributed by atoms with Crippen LogP contribution in [0.3, 0.4) is 0 Å². The number of halogens is 2. The van der Waals surface area contributed by atoms with Gasteiger partial charge in [0.25, 0.3) is 0 Å². The van der Waals surface area contributed by atoms with Crippen molar-refractivity contribution in [2.45, 2.75) is 32.2 Å². The number of amides is 1. The van der Waals surface area contributed by atoms with Gasteiger partial charge in [-0.1, -0.05) is 13.3 Å². The second-order valence-electron chi connectivity index (χ2n) is 4.25. The number of anilines is 1. The molecular weight excluding hydrogens is 395 g/mol. The van der Waals surface area contributed by atoms with E-state index >= 15 is 0 Å². The van der Waals surface area contributed by atoms with E-state index in [9.17, 15) is 4.79 Å². The molecule has 0 aliphatic carbocycles. The molecule has 1 rings (SSSR count). The molecule has 5 heteroatoms. The van der Waals surface area contributed by atoms with Gasteiger partial charge < -0.3 is 11.1 Å². The van der Waals surface area contributed by atoms with Gasteiger partial charge in [-0.15, -0.1) is 0 Å². The van der Waals surface area contributed by atoms with Crippen molar-refractivity contribution >= 4 is 50.1 Å². The Morgan fingerprint density at radius 3 is 2.76 bits per heavy atom. The smallest absolute Gasteiger partial charge is 0.244 e. The summed E-state index contributed by atoms with van der Waals surface area (Å²) in [5.41, 5.74) is 5.92. The third kappa shape index (κ3) is 4.22. The van der Waals surface area contributed by atoms with Crippen LogP contribution in [-0.4, -0.2) is 11.4 Å². The van der Waals surface area contributed by atoms with Crippen LogP contribution >= 0.6 is 38.5 Å². The lowest BCUT2D eigenvalue weighted by Crippen LogP contribution is -2.48. The second kappa shape index (κ2) is 6.15. The molecule has 0 fully saturated rings. The molecule has 1 amide bonds. The number of nitrogens with two attached hydrogens (primary N) is 1. The molecule has 1 atom stereocenters. The molecule has 0 aliphatic rings. The van der Waals surface area contributed by atoms with Crippen molar-refractivity contribution in [1.82, 2.24) is 0 Å². The zero-order valence-corrected chi connectivity index (χ0v) is 13.6. The Balaban J connectivity index is 2.77. The third-order valence-electron chi connectivity index (χ3n) is 2.47. The predicted octanol–water partition coefficient (Wildman–Crippen LogP) is 3.51. The minimum atomic E-state index is -0.812. The van der Waals surface area contributed by atoms with Gasteiger partial charge in [-0.2, -0.15) is 0 Å². The first-order chi connectivity index (χ1) is 7.86. The van der Waals surface area contributed by atoms with E-state index in [1.54, 1.807) is 6.92 Å². The Labute approximate surface area is 124 Å². The van der Waals surface area contributed by atoms with Crippen LogP contribution in [0.25, 0.3) is 0 Å². The van der Waals surface area contributed by atoms with Crippen LogP contribution in [0.5, 0.6) is 0 Å². The van der Waals surface area contributed by atoms with E-state index < -0.39 is 5.54 Å². The standard InChI is InChI=1S/C12H16BrIN2O/c1-3-6-12(2,15)11(17)16-8-4-5-9(13)10(14)7-8/h4-5,7H,3,6,15H2,1-2H3,(H,16,17). The average molecular weight is 411 g/mol. The molecule has 1 aromatic carbocycles. The number of hydrogen-bond acceptors (Lipinski definition) is 2. The first kappa shape index (κ1) is 14.9. The fourth-order valence-corrected chi connectivity index (χ4v) is 2.24. The summed E-state index contributed by atoms with van der Waals surface area (Å²) in [4.78, 5) is 12.0. The Hall–Kier alpha value is -0.140. The van der Waals surface area contributed by atoms with Gasteiger partial charge in [-0.3, -0.25) is 4.79 Å². The molecule has 3 N–H and O–H groups in total. The molecule has 0 spiro atoms. The zero-order chi connectivity index (χ0) is 13.1. The molecule has 0 bridgehead atoms. The van der Waals surface area contributed by atoms with Crippen LogP contribution in [0, 0.1) is 3.57 Å². The van der Waals surface area contributed by atoms with Gasteiger partial charge in [-0.25, -0.2) is 0 Å². The molecule has 0 heterocycles. The van der Waals surface area contributed by atoms with Crippen LogP contribution in [0.2, 0.25) is 0 Å². The summed E-state index contributed by atoms with van der Waals surface area (Å²) in [6, 6.07) is 5.67. The van der Waals surface area contributed by atoms with Gasteiger partial charge in [0.15, 0.2) is 0 Å². The summed E-state index contributed by atoms with van der Waals surface area (Å²) in [5, 5.41) is 2.85. The maximum atomic E-state index is 12.0. The lowest BCUT2D eigenvalue weighted by molar-refractivity contribution is -0.120. The largest absolute Gasteiger partial charge is 0.324 e. The van der Waals surface area contributed by atoms with E-state index in [0.717, 1.165) is 20.2 Å². The number of carbonyl (C=O) groups excluding carboxylic acids is 1. The van der Waals surface area contributed by atoms with Crippen LogP contribution < -0.4 is 11.1 Å². The summed E-state index contributed by atoms with van der Waals surface area (Å²) < 4.78 is 2.06. The van der Waals surface area contributed by atoms with Crippen LogP contribution in [0.1, 0.15) is 26.7 Å². The van der Waals surface area contributed by atoms with Crippen molar-refractivity contribution in [3.8, 4) is 0 Å². The van der Waals surface area contributed by atoms with Crippen molar-refractivity contribution in [2.75, 3.05) is 5.32 Å². The summed E-state index contributed by atoms with van der Waals surface area (Å²) in [7, 11) is 0. The van der Waals surface area contributed by atoms with E-state index in [0.29, 0.717) is 6.42 Å². The van der Waals surface area contributed by atoms with Crippen LogP contribution in [-0.2, 0) is 4.79 Å². The molecule has 1 unspecified atom stereocenters. The van der Waals surface area contributed by atoms with Crippen molar-refractivity contribution in [3.05, 3.63) is 26.2 Å². The number of nitrogens with one attached hydrogen (secondary N) is 1. The average Bonchev–Trinajstić information content (AvgIpc) is 2.23. The Kier molecular flexibility index (Phi) is 5.40. The monoisotopic (exact) mass is 410 g/mol. The molecule has 1 aromatic rings. The van der Waals surface area contributed by atoms with Gasteiger partial charge in [0, 0.05) is 13.7 Å². The number of hydrogen-bond donors (Lipinski definition) is 2. The summed E-state index contributed by atoms with van der Waals surface area (Å²) in [6.07, 6.45) is 1.56. The third-order valence-corrected chi connectivity index (χ3v) is 4.79. The first-order valence-electron chi connectivity index (χ1n) is 5.42. The van der Waals surface area contributed by atoms with Gasteiger partial charge in [0.05, 0.1) is 5.54 Å². The minimum absolute atomic E-state index is 0.141. The van der Waals surface area contributed by atoms with Crippen LogP contribution in [0.15, 0.2) is 22.7 Å². The lowest BCUT2D eigenvalue weighted by Gasteiger charge is -2.22. The molecule has 0 radical (unpaired) electrons. The molecule has 17 heavy (non-hydrogen) atoms. The van der Waals surface area contributed by atoms with E-state index in [1.807, 2.05) is 25.1 Å². The lowest BCUT2D eigenvalue weighted by atomic mass is 9.96. The summed E-state index contributed by atoms with van der Waals surface area (Å²) in [6.45, 7) is 3.77.